The molecule has 0 saturated carbocycles. The second-order valence-corrected chi connectivity index (χ2v) is 4.12. The Bertz CT molecular complexity index is 391. The highest BCUT2D eigenvalue weighted by Gasteiger charge is 2.08. The zero-order chi connectivity index (χ0) is 12.8. The van der Waals surface area contributed by atoms with Crippen molar-refractivity contribution in [2.75, 3.05) is 17.7 Å². The van der Waals surface area contributed by atoms with Gasteiger partial charge in [-0.3, -0.25) is 4.79 Å². The van der Waals surface area contributed by atoms with E-state index < -0.39 is 0 Å². The minimum atomic E-state index is -0.0311. The summed E-state index contributed by atoms with van der Waals surface area (Å²) < 4.78 is 0. The van der Waals surface area contributed by atoms with E-state index in [0.717, 1.165) is 12.1 Å². The van der Waals surface area contributed by atoms with Crippen LogP contribution >= 0.6 is 0 Å². The molecule has 0 heterocycles. The van der Waals surface area contributed by atoms with Crippen LogP contribution in [0.5, 0.6) is 0 Å². The van der Waals surface area contributed by atoms with Crippen molar-refractivity contribution in [2.45, 2.75) is 32.7 Å². The Morgan fingerprint density at radius 3 is 2.71 bits per heavy atom. The van der Waals surface area contributed by atoms with Crippen LogP contribution in [0, 0.1) is 0 Å². The highest BCUT2D eigenvalue weighted by atomic mass is 16.3. The Morgan fingerprint density at radius 1 is 1.53 bits per heavy atom. The number of nitrogen functional groups attached to an aromatic ring is 1. The lowest BCUT2D eigenvalue weighted by molar-refractivity contribution is 0.101. The van der Waals surface area contributed by atoms with E-state index in [-0.39, 0.29) is 18.4 Å². The fourth-order valence-corrected chi connectivity index (χ4v) is 1.74. The maximum atomic E-state index is 11.2. The maximum absolute atomic E-state index is 11.2. The first kappa shape index (κ1) is 13.5. The first-order valence-corrected chi connectivity index (χ1v) is 5.86. The summed E-state index contributed by atoms with van der Waals surface area (Å²) in [5.74, 6) is -0.0311. The summed E-state index contributed by atoms with van der Waals surface area (Å²) in [6, 6.07) is 5.55. The molecule has 1 unspecified atom stereocenters. The highest BCUT2D eigenvalue weighted by molar-refractivity contribution is 5.99. The third kappa shape index (κ3) is 3.75. The standard InChI is InChI=1S/C13H20N2O2/c1-3-10(6-7-16)15-11-4-5-12(9(2)17)13(14)8-11/h4-5,8,10,15-16H,3,6-7,14H2,1-2H3. The molecular formula is C13H20N2O2. The van der Waals surface area contributed by atoms with Crippen molar-refractivity contribution in [3.8, 4) is 0 Å². The Labute approximate surface area is 102 Å². The molecule has 0 bridgehead atoms. The number of hydrogen-bond donors (Lipinski definition) is 3. The van der Waals surface area contributed by atoms with Gasteiger partial charge in [-0.2, -0.15) is 0 Å². The van der Waals surface area contributed by atoms with Crippen LogP contribution in [0.1, 0.15) is 37.0 Å². The normalized spacial score (nSPS) is 12.2. The maximum Gasteiger partial charge on any atom is 0.161 e. The molecule has 0 aromatic heterocycles. The first-order valence-electron chi connectivity index (χ1n) is 5.86. The quantitative estimate of drug-likeness (QED) is 0.522. The van der Waals surface area contributed by atoms with E-state index in [1.807, 2.05) is 6.07 Å². The zero-order valence-electron chi connectivity index (χ0n) is 10.4. The number of aliphatic hydroxyl groups is 1. The van der Waals surface area contributed by atoms with Gasteiger partial charge in [0, 0.05) is 29.6 Å². The van der Waals surface area contributed by atoms with Gasteiger partial charge in [-0.25, -0.2) is 0 Å². The van der Waals surface area contributed by atoms with Crippen molar-refractivity contribution in [2.24, 2.45) is 0 Å². The van der Waals surface area contributed by atoms with Crippen LogP contribution in [-0.2, 0) is 0 Å². The van der Waals surface area contributed by atoms with Crippen molar-refractivity contribution in [3.63, 3.8) is 0 Å². The van der Waals surface area contributed by atoms with Gasteiger partial charge in [0.05, 0.1) is 0 Å². The van der Waals surface area contributed by atoms with Crippen LogP contribution in [0.3, 0.4) is 0 Å². The number of carbonyl (C=O) groups is 1. The van der Waals surface area contributed by atoms with Gasteiger partial charge in [-0.15, -0.1) is 0 Å². The number of hydrogen-bond acceptors (Lipinski definition) is 4. The predicted octanol–water partition coefficient (Wildman–Crippen LogP) is 2.04. The van der Waals surface area contributed by atoms with Crippen LogP contribution in [0.25, 0.3) is 0 Å². The van der Waals surface area contributed by atoms with Gasteiger partial charge in [0.15, 0.2) is 5.78 Å². The molecule has 0 spiro atoms. The zero-order valence-corrected chi connectivity index (χ0v) is 10.4. The summed E-state index contributed by atoms with van der Waals surface area (Å²) in [7, 11) is 0. The van der Waals surface area contributed by atoms with E-state index in [0.29, 0.717) is 17.7 Å². The Balaban J connectivity index is 2.79. The minimum absolute atomic E-state index is 0.0311. The van der Waals surface area contributed by atoms with Crippen LogP contribution in [0.15, 0.2) is 18.2 Å². The smallest absolute Gasteiger partial charge is 0.161 e. The van der Waals surface area contributed by atoms with E-state index in [2.05, 4.69) is 12.2 Å². The number of Topliss-reactive ketones (excluding diaryl/α,β-unsaturated/α-hetero) is 1. The van der Waals surface area contributed by atoms with Crippen LogP contribution in [0.2, 0.25) is 0 Å². The molecule has 0 amide bonds. The fourth-order valence-electron chi connectivity index (χ4n) is 1.74. The van der Waals surface area contributed by atoms with Crippen molar-refractivity contribution in [1.29, 1.82) is 0 Å². The average molecular weight is 236 g/mol. The van der Waals surface area contributed by atoms with Crippen LogP contribution in [-0.4, -0.2) is 23.5 Å². The van der Waals surface area contributed by atoms with Crippen molar-refractivity contribution >= 4 is 17.2 Å². The molecule has 4 N–H and O–H groups in total. The van der Waals surface area contributed by atoms with Gasteiger partial charge < -0.3 is 16.2 Å². The molecule has 0 fully saturated rings. The lowest BCUT2D eigenvalue weighted by atomic mass is 10.1. The molecule has 1 aromatic carbocycles. The Kier molecular flexibility index (Phi) is 4.97. The average Bonchev–Trinajstić information content (AvgIpc) is 2.28. The van der Waals surface area contributed by atoms with E-state index in [4.69, 9.17) is 10.8 Å². The molecule has 4 nitrogen and oxygen atoms in total. The molecule has 1 aromatic rings. The lowest BCUT2D eigenvalue weighted by Gasteiger charge is -2.17. The molecule has 0 radical (unpaired) electrons. The van der Waals surface area contributed by atoms with E-state index in [1.165, 1.54) is 6.92 Å². The minimum Gasteiger partial charge on any atom is -0.398 e. The SMILES string of the molecule is CCC(CCO)Nc1ccc(C(C)=O)c(N)c1. The molecule has 0 aliphatic rings. The summed E-state index contributed by atoms with van der Waals surface area (Å²) in [6.45, 7) is 3.71. The number of carbonyl (C=O) groups excluding carboxylic acids is 1. The van der Waals surface area contributed by atoms with Crippen molar-refractivity contribution in [1.82, 2.24) is 0 Å². The van der Waals surface area contributed by atoms with Crippen molar-refractivity contribution in [3.05, 3.63) is 23.8 Å². The molecule has 1 atom stereocenters. The van der Waals surface area contributed by atoms with Gasteiger partial charge >= 0.3 is 0 Å². The lowest BCUT2D eigenvalue weighted by Crippen LogP contribution is -2.20. The number of anilines is 2. The Morgan fingerprint density at radius 2 is 2.24 bits per heavy atom. The molecule has 0 saturated heterocycles. The molecule has 94 valence electrons. The monoisotopic (exact) mass is 236 g/mol. The van der Waals surface area contributed by atoms with E-state index >= 15 is 0 Å². The van der Waals surface area contributed by atoms with E-state index in [1.54, 1.807) is 12.1 Å². The summed E-state index contributed by atoms with van der Waals surface area (Å²) in [6.07, 6.45) is 1.62. The molecule has 0 aliphatic carbocycles. The third-order valence-corrected chi connectivity index (χ3v) is 2.77. The van der Waals surface area contributed by atoms with E-state index in [9.17, 15) is 4.79 Å². The highest BCUT2D eigenvalue weighted by Crippen LogP contribution is 2.20. The number of ketones is 1. The van der Waals surface area contributed by atoms with Gasteiger partial charge in [0.1, 0.15) is 0 Å². The summed E-state index contributed by atoms with van der Waals surface area (Å²) >= 11 is 0. The predicted molar refractivity (Wildman–Crippen MR) is 70.3 cm³/mol. The van der Waals surface area contributed by atoms with Crippen LogP contribution in [0.4, 0.5) is 11.4 Å². The fraction of sp³-hybridized carbons (Fsp3) is 0.462. The molecule has 4 heteroatoms. The number of rotatable bonds is 6. The summed E-state index contributed by atoms with van der Waals surface area (Å²) in [5.41, 5.74) is 7.72. The first-order chi connectivity index (χ1) is 8.08. The topological polar surface area (TPSA) is 75.3 Å². The third-order valence-electron chi connectivity index (χ3n) is 2.77. The number of nitrogens with one attached hydrogen (secondary N) is 1. The molecular weight excluding hydrogens is 216 g/mol. The largest absolute Gasteiger partial charge is 0.398 e. The summed E-state index contributed by atoms with van der Waals surface area (Å²) in [5, 5.41) is 12.2. The molecule has 0 aliphatic heterocycles. The second kappa shape index (κ2) is 6.25. The number of nitrogens with two attached hydrogens (primary N) is 1. The number of aliphatic hydroxyl groups excluding tert-OH is 1. The van der Waals surface area contributed by atoms with Gasteiger partial charge in [0.2, 0.25) is 0 Å². The van der Waals surface area contributed by atoms with Gasteiger partial charge in [0.25, 0.3) is 0 Å². The van der Waals surface area contributed by atoms with Gasteiger partial charge in [-0.05, 0) is 38.0 Å². The molecule has 17 heavy (non-hydrogen) atoms. The molecule has 1 rings (SSSR count). The summed E-state index contributed by atoms with van der Waals surface area (Å²) in [4.78, 5) is 11.2. The number of benzene rings is 1. The Hall–Kier alpha value is -1.55. The van der Waals surface area contributed by atoms with Crippen molar-refractivity contribution < 1.29 is 9.90 Å². The van der Waals surface area contributed by atoms with Gasteiger partial charge in [-0.1, -0.05) is 6.92 Å². The van der Waals surface area contributed by atoms with Crippen LogP contribution < -0.4 is 11.1 Å². The second-order valence-electron chi connectivity index (χ2n) is 4.12.